The van der Waals surface area contributed by atoms with Crippen molar-refractivity contribution in [1.82, 2.24) is 19.9 Å². The number of nitrogens with zero attached hydrogens (tertiary/aromatic N) is 2. The van der Waals surface area contributed by atoms with Crippen LogP contribution in [0.5, 0.6) is 0 Å². The maximum atomic E-state index is 11.5. The van der Waals surface area contributed by atoms with Gasteiger partial charge in [0.2, 0.25) is 0 Å². The SMILES string of the molecule is C=CC1=C(C)c2cc3[nH]c(cc4nc(cc5[nH]c(cc1n2)c(C)c5C=C)C(C)=C4CCC(=O)O)c(CCC(=O)O)c3C.Cl.[Co]. The van der Waals surface area contributed by atoms with Crippen molar-refractivity contribution in [3.05, 3.63) is 88.5 Å². The first kappa shape index (κ1) is 34.3. The number of aryl methyl sites for hydroxylation is 3. The number of rotatable bonds is 8. The average molecular weight is 658 g/mol. The molecular formula is C34H35ClCoN4O4. The van der Waals surface area contributed by atoms with Crippen LogP contribution in [-0.4, -0.2) is 42.1 Å². The van der Waals surface area contributed by atoms with Gasteiger partial charge >= 0.3 is 11.9 Å². The standard InChI is InChI=1S/C34H34N4O4.ClH.Co/c1-7-21-17(3)25-13-26-19(5)23(9-11-33(39)40)31(37-26)16-32-24(10-12-34(41)42)20(6)28(38-32)15-30-22(8-2)18(4)27(36-30)14-29(21)35-25;;/h7-8,13-16,36-37H,1-2,9-12H2,3-6H3,(H,39,40)(H,41,42);1H;. The molecule has 2 aliphatic heterocycles. The van der Waals surface area contributed by atoms with Crippen molar-refractivity contribution in [2.75, 3.05) is 0 Å². The summed E-state index contributed by atoms with van der Waals surface area (Å²) in [7, 11) is 0. The van der Waals surface area contributed by atoms with Gasteiger partial charge in [0.1, 0.15) is 0 Å². The summed E-state index contributed by atoms with van der Waals surface area (Å²) in [4.78, 5) is 40.0. The van der Waals surface area contributed by atoms with Crippen LogP contribution in [0.25, 0.3) is 50.4 Å². The van der Waals surface area contributed by atoms with Crippen molar-refractivity contribution in [2.45, 2.75) is 53.4 Å². The van der Waals surface area contributed by atoms with E-state index in [1.807, 2.05) is 64.1 Å². The van der Waals surface area contributed by atoms with Gasteiger partial charge in [-0.3, -0.25) is 9.59 Å². The third kappa shape index (κ3) is 6.35. The van der Waals surface area contributed by atoms with E-state index in [9.17, 15) is 19.8 Å². The molecule has 0 amide bonds. The first-order chi connectivity index (χ1) is 20.0. The van der Waals surface area contributed by atoms with Gasteiger partial charge in [-0.15, -0.1) is 12.4 Å². The van der Waals surface area contributed by atoms with Crippen molar-refractivity contribution in [2.24, 2.45) is 0 Å². The number of carboxylic acids is 2. The molecule has 10 heteroatoms. The van der Waals surface area contributed by atoms with Crippen molar-refractivity contribution in [1.29, 1.82) is 0 Å². The molecule has 3 aromatic heterocycles. The van der Waals surface area contributed by atoms with Crippen LogP contribution in [0.15, 0.2) is 43.5 Å². The fourth-order valence-electron chi connectivity index (χ4n) is 5.77. The molecule has 2 aliphatic rings. The van der Waals surface area contributed by atoms with E-state index in [4.69, 9.17) is 9.97 Å². The second-order valence-electron chi connectivity index (χ2n) is 10.7. The number of aliphatic carboxylic acids is 2. The number of carbonyl (C=O) groups is 2. The van der Waals surface area contributed by atoms with Crippen LogP contribution >= 0.6 is 12.4 Å². The van der Waals surface area contributed by atoms with Gasteiger partial charge in [-0.25, -0.2) is 9.97 Å². The summed E-state index contributed by atoms with van der Waals surface area (Å²) < 4.78 is 0. The number of carboxylic acid groups (broad SMARTS) is 2. The summed E-state index contributed by atoms with van der Waals surface area (Å²) in [6.07, 6.45) is 4.22. The first-order valence-electron chi connectivity index (χ1n) is 13.9. The molecule has 0 spiro atoms. The number of hydrogen-bond donors (Lipinski definition) is 4. The fourth-order valence-corrected chi connectivity index (χ4v) is 5.77. The molecule has 1 radical (unpaired) electrons. The minimum atomic E-state index is -0.884. The van der Waals surface area contributed by atoms with E-state index in [2.05, 4.69) is 23.1 Å². The predicted molar refractivity (Wildman–Crippen MR) is 176 cm³/mol. The molecule has 5 heterocycles. The van der Waals surface area contributed by atoms with Gasteiger partial charge in [-0.1, -0.05) is 25.3 Å². The Kier molecular flexibility index (Phi) is 10.6. The maximum Gasteiger partial charge on any atom is 0.303 e. The van der Waals surface area contributed by atoms with Gasteiger partial charge < -0.3 is 20.2 Å². The Bertz CT molecular complexity index is 1930. The molecule has 8 nitrogen and oxygen atoms in total. The van der Waals surface area contributed by atoms with Crippen molar-refractivity contribution in [3.8, 4) is 0 Å². The summed E-state index contributed by atoms with van der Waals surface area (Å²) in [6.45, 7) is 16.0. The number of hydrogen-bond acceptors (Lipinski definition) is 4. The molecule has 0 saturated heterocycles. The largest absolute Gasteiger partial charge is 0.481 e. The predicted octanol–water partition coefficient (Wildman–Crippen LogP) is 7.92. The molecule has 0 fully saturated rings. The van der Waals surface area contributed by atoms with E-state index >= 15 is 0 Å². The number of nitrogens with one attached hydrogen (secondary N) is 2. The van der Waals surface area contributed by atoms with Crippen LogP contribution in [0.2, 0.25) is 0 Å². The van der Waals surface area contributed by atoms with Gasteiger partial charge in [-0.2, -0.15) is 0 Å². The second-order valence-corrected chi connectivity index (χ2v) is 10.7. The Labute approximate surface area is 272 Å². The summed E-state index contributed by atoms with van der Waals surface area (Å²) in [5.74, 6) is -1.76. The molecular weight excluding hydrogens is 623 g/mol. The molecule has 8 bridgehead atoms. The van der Waals surface area contributed by atoms with Gasteiger partial charge in [-0.05, 0) is 98.2 Å². The van der Waals surface area contributed by atoms with Gasteiger partial charge in [0, 0.05) is 62.8 Å². The van der Waals surface area contributed by atoms with E-state index < -0.39 is 11.9 Å². The number of aromatic amines is 2. The minimum Gasteiger partial charge on any atom is -0.481 e. The quantitative estimate of drug-likeness (QED) is 0.195. The monoisotopic (exact) mass is 657 g/mol. The third-order valence-corrected chi connectivity index (χ3v) is 8.22. The van der Waals surface area contributed by atoms with Crippen molar-refractivity contribution in [3.63, 3.8) is 0 Å². The number of fused-ring (bicyclic) bond motifs is 8. The van der Waals surface area contributed by atoms with E-state index in [0.29, 0.717) is 18.5 Å². The van der Waals surface area contributed by atoms with E-state index in [0.717, 1.165) is 83.7 Å². The molecule has 0 saturated carbocycles. The Morgan fingerprint density at radius 1 is 0.727 bits per heavy atom. The molecule has 0 aromatic carbocycles. The number of halogens is 1. The zero-order valence-electron chi connectivity index (χ0n) is 25.1. The third-order valence-electron chi connectivity index (χ3n) is 8.22. The molecule has 0 aliphatic carbocycles. The molecule has 4 N–H and O–H groups in total. The Balaban J connectivity index is 0.00000264. The average Bonchev–Trinajstić information content (AvgIpc) is 3.59. The topological polar surface area (TPSA) is 132 Å². The Morgan fingerprint density at radius 3 is 1.89 bits per heavy atom. The number of allylic oxidation sites excluding steroid dienone is 5. The van der Waals surface area contributed by atoms with E-state index in [1.165, 1.54) is 0 Å². The summed E-state index contributed by atoms with van der Waals surface area (Å²) in [5, 5.41) is 18.9. The Hall–Kier alpha value is -4.18. The van der Waals surface area contributed by atoms with Crippen molar-refractivity contribution < 1.29 is 36.6 Å². The normalized spacial score (nSPS) is 12.5. The first-order valence-corrected chi connectivity index (χ1v) is 13.9. The summed E-state index contributed by atoms with van der Waals surface area (Å²) in [5.41, 5.74) is 13.7. The smallest absolute Gasteiger partial charge is 0.303 e. The zero-order valence-corrected chi connectivity index (χ0v) is 26.9. The van der Waals surface area contributed by atoms with Crippen LogP contribution in [0.4, 0.5) is 0 Å². The molecule has 0 unspecified atom stereocenters. The molecule has 44 heavy (non-hydrogen) atoms. The van der Waals surface area contributed by atoms with Gasteiger partial charge in [0.25, 0.3) is 0 Å². The van der Waals surface area contributed by atoms with E-state index in [1.54, 1.807) is 0 Å². The van der Waals surface area contributed by atoms with Crippen molar-refractivity contribution >= 4 is 74.8 Å². The summed E-state index contributed by atoms with van der Waals surface area (Å²) in [6, 6.07) is 7.88. The van der Waals surface area contributed by atoms with Crippen LogP contribution in [-0.2, 0) is 32.8 Å². The van der Waals surface area contributed by atoms with Crippen LogP contribution in [0.1, 0.15) is 78.1 Å². The van der Waals surface area contributed by atoms with Crippen LogP contribution < -0.4 is 0 Å². The number of H-pyrrole nitrogens is 2. The Morgan fingerprint density at radius 2 is 1.25 bits per heavy atom. The summed E-state index contributed by atoms with van der Waals surface area (Å²) >= 11 is 0. The molecule has 5 rings (SSSR count). The maximum absolute atomic E-state index is 11.5. The molecule has 231 valence electrons. The van der Waals surface area contributed by atoms with Gasteiger partial charge in [0.05, 0.1) is 22.8 Å². The fraction of sp³-hybridized carbons (Fsp3) is 0.235. The second kappa shape index (κ2) is 13.6. The molecule has 3 aromatic rings. The molecule has 0 atom stereocenters. The van der Waals surface area contributed by atoms with Crippen LogP contribution in [0, 0.1) is 13.8 Å². The van der Waals surface area contributed by atoms with Crippen LogP contribution in [0.3, 0.4) is 0 Å². The van der Waals surface area contributed by atoms with E-state index in [-0.39, 0.29) is 42.0 Å². The number of aromatic nitrogens is 4. The minimum absolute atomic E-state index is 0. The zero-order chi connectivity index (χ0) is 30.3. The van der Waals surface area contributed by atoms with Gasteiger partial charge in [0.15, 0.2) is 0 Å².